The molecule has 148 valence electrons. The van der Waals surface area contributed by atoms with Gasteiger partial charge in [-0.3, -0.25) is 24.6 Å². The molecule has 3 fully saturated rings. The van der Waals surface area contributed by atoms with Gasteiger partial charge in [-0.2, -0.15) is 0 Å². The summed E-state index contributed by atoms with van der Waals surface area (Å²) in [6.07, 6.45) is 4.38. The van der Waals surface area contributed by atoms with E-state index in [1.807, 2.05) is 12.1 Å². The molecule has 28 heavy (non-hydrogen) atoms. The van der Waals surface area contributed by atoms with Gasteiger partial charge in [0.15, 0.2) is 0 Å². The molecular formula is C21H26N4O3. The van der Waals surface area contributed by atoms with Gasteiger partial charge in [0, 0.05) is 37.2 Å². The number of piperidine rings is 1. The third-order valence-corrected chi connectivity index (χ3v) is 6.81. The number of rotatable bonds is 3. The Bertz CT molecular complexity index is 854. The van der Waals surface area contributed by atoms with Crippen molar-refractivity contribution in [3.05, 3.63) is 34.9 Å². The van der Waals surface area contributed by atoms with Crippen molar-refractivity contribution in [2.45, 2.75) is 63.3 Å². The lowest BCUT2D eigenvalue weighted by atomic mass is 10.0. The highest BCUT2D eigenvalue weighted by molar-refractivity contribution is 6.05. The van der Waals surface area contributed by atoms with Gasteiger partial charge in [0.1, 0.15) is 6.04 Å². The van der Waals surface area contributed by atoms with Crippen molar-refractivity contribution in [2.75, 3.05) is 6.54 Å². The molecule has 4 unspecified atom stereocenters. The van der Waals surface area contributed by atoms with Gasteiger partial charge in [0.25, 0.3) is 5.91 Å². The van der Waals surface area contributed by atoms with Crippen molar-refractivity contribution in [1.82, 2.24) is 15.1 Å². The van der Waals surface area contributed by atoms with Gasteiger partial charge in [-0.05, 0) is 48.9 Å². The number of hydrogen-bond acceptors (Lipinski definition) is 5. The zero-order chi connectivity index (χ0) is 19.4. The Hall–Kier alpha value is -2.25. The number of nitrogens with two attached hydrogens (primary N) is 1. The molecule has 7 nitrogen and oxygen atoms in total. The number of fused-ring (bicyclic) bond motifs is 2. The van der Waals surface area contributed by atoms with Crippen LogP contribution in [0.4, 0.5) is 0 Å². The number of carbonyl (C=O) groups is 3. The number of hydrogen-bond donors (Lipinski definition) is 2. The number of likely N-dealkylation sites (tertiary alicyclic amines) is 1. The first-order valence-corrected chi connectivity index (χ1v) is 10.3. The summed E-state index contributed by atoms with van der Waals surface area (Å²) >= 11 is 0. The molecule has 3 heterocycles. The third-order valence-electron chi connectivity index (χ3n) is 6.81. The highest BCUT2D eigenvalue weighted by Crippen LogP contribution is 2.41. The van der Waals surface area contributed by atoms with E-state index in [0.29, 0.717) is 36.5 Å². The Kier molecular flexibility index (Phi) is 4.25. The van der Waals surface area contributed by atoms with Crippen molar-refractivity contribution < 1.29 is 14.4 Å². The maximum Gasteiger partial charge on any atom is 0.255 e. The Morgan fingerprint density at radius 2 is 2.00 bits per heavy atom. The monoisotopic (exact) mass is 382 g/mol. The molecule has 0 aromatic heterocycles. The van der Waals surface area contributed by atoms with Crippen LogP contribution in [0.15, 0.2) is 18.2 Å². The van der Waals surface area contributed by atoms with Gasteiger partial charge in [-0.25, -0.2) is 0 Å². The first-order chi connectivity index (χ1) is 13.5. The molecule has 2 saturated heterocycles. The second-order valence-electron chi connectivity index (χ2n) is 8.59. The number of nitrogens with zero attached hydrogens (tertiary/aromatic N) is 2. The molecule has 0 radical (unpaired) electrons. The number of imide groups is 1. The quantitative estimate of drug-likeness (QED) is 0.753. The van der Waals surface area contributed by atoms with E-state index in [1.165, 1.54) is 24.8 Å². The summed E-state index contributed by atoms with van der Waals surface area (Å²) in [6.45, 7) is 2.36. The van der Waals surface area contributed by atoms with Crippen LogP contribution in [0, 0.1) is 5.92 Å². The fourth-order valence-corrected chi connectivity index (χ4v) is 5.25. The maximum atomic E-state index is 12.8. The van der Waals surface area contributed by atoms with Gasteiger partial charge in [-0.1, -0.05) is 18.6 Å². The van der Waals surface area contributed by atoms with Crippen LogP contribution in [-0.2, 0) is 22.7 Å². The van der Waals surface area contributed by atoms with E-state index in [0.717, 1.165) is 18.7 Å². The molecule has 7 heteroatoms. The molecule has 4 atom stereocenters. The highest BCUT2D eigenvalue weighted by atomic mass is 16.2. The molecule has 3 amide bonds. The van der Waals surface area contributed by atoms with Crippen LogP contribution in [0.1, 0.15) is 53.6 Å². The Morgan fingerprint density at radius 1 is 1.14 bits per heavy atom. The van der Waals surface area contributed by atoms with Crippen LogP contribution in [0.3, 0.4) is 0 Å². The average Bonchev–Trinajstić information content (AvgIpc) is 3.26. The van der Waals surface area contributed by atoms with Crippen LogP contribution >= 0.6 is 0 Å². The predicted octanol–water partition coefficient (Wildman–Crippen LogP) is 0.759. The smallest absolute Gasteiger partial charge is 0.255 e. The maximum absolute atomic E-state index is 12.8. The fraction of sp³-hybridized carbons (Fsp3) is 0.571. The zero-order valence-corrected chi connectivity index (χ0v) is 15.9. The number of amides is 3. The Morgan fingerprint density at radius 3 is 2.82 bits per heavy atom. The molecule has 0 bridgehead atoms. The second kappa shape index (κ2) is 6.67. The first kappa shape index (κ1) is 17.8. The van der Waals surface area contributed by atoms with E-state index in [1.54, 1.807) is 4.90 Å². The summed E-state index contributed by atoms with van der Waals surface area (Å²) in [5, 5.41) is 2.35. The zero-order valence-electron chi connectivity index (χ0n) is 15.9. The van der Waals surface area contributed by atoms with Crippen molar-refractivity contribution >= 4 is 17.7 Å². The van der Waals surface area contributed by atoms with Gasteiger partial charge >= 0.3 is 0 Å². The first-order valence-electron chi connectivity index (χ1n) is 10.3. The molecule has 3 N–H and O–H groups in total. The molecule has 1 aliphatic carbocycles. The van der Waals surface area contributed by atoms with E-state index in [-0.39, 0.29) is 24.1 Å². The highest BCUT2D eigenvalue weighted by Gasteiger charge is 2.51. The SMILES string of the molecule is NC1C2CCCCN(Cc3ccc4c(c3)CN(C3CCC(=O)NC3=O)C4=O)C12. The van der Waals surface area contributed by atoms with Crippen LogP contribution < -0.4 is 11.1 Å². The standard InChI is InChI=1S/C21H26N4O3/c22-18-15-3-1-2-8-24(19(15)18)10-12-4-5-14-13(9-12)11-25(21(14)28)16-6-7-17(26)23-20(16)27/h4-5,9,15-16,18-19H,1-3,6-8,10-11,22H2,(H,23,26,27). The Labute approximate surface area is 164 Å². The lowest BCUT2D eigenvalue weighted by molar-refractivity contribution is -0.136. The van der Waals surface area contributed by atoms with Gasteiger partial charge in [0.2, 0.25) is 11.8 Å². The number of carbonyl (C=O) groups excluding carboxylic acids is 3. The van der Waals surface area contributed by atoms with Crippen molar-refractivity contribution in [3.8, 4) is 0 Å². The van der Waals surface area contributed by atoms with E-state index < -0.39 is 6.04 Å². The predicted molar refractivity (Wildman–Crippen MR) is 102 cm³/mol. The molecule has 5 rings (SSSR count). The number of benzene rings is 1. The fourth-order valence-electron chi connectivity index (χ4n) is 5.25. The van der Waals surface area contributed by atoms with Gasteiger partial charge < -0.3 is 10.6 Å². The van der Waals surface area contributed by atoms with Gasteiger partial charge in [0.05, 0.1) is 0 Å². The normalized spacial score (nSPS) is 32.6. The lowest BCUT2D eigenvalue weighted by Crippen LogP contribution is -2.52. The topological polar surface area (TPSA) is 95.7 Å². The summed E-state index contributed by atoms with van der Waals surface area (Å²) in [7, 11) is 0. The summed E-state index contributed by atoms with van der Waals surface area (Å²) < 4.78 is 0. The average molecular weight is 382 g/mol. The van der Waals surface area contributed by atoms with Gasteiger partial charge in [-0.15, -0.1) is 0 Å². The molecule has 4 aliphatic rings. The molecule has 1 saturated carbocycles. The summed E-state index contributed by atoms with van der Waals surface area (Å²) in [4.78, 5) is 40.5. The molecule has 0 spiro atoms. The summed E-state index contributed by atoms with van der Waals surface area (Å²) in [5.74, 6) is -0.102. The van der Waals surface area contributed by atoms with E-state index in [2.05, 4.69) is 16.3 Å². The number of nitrogens with one attached hydrogen (secondary N) is 1. The van der Waals surface area contributed by atoms with Crippen molar-refractivity contribution in [2.24, 2.45) is 11.7 Å². The van der Waals surface area contributed by atoms with Crippen LogP contribution in [0.2, 0.25) is 0 Å². The van der Waals surface area contributed by atoms with Crippen molar-refractivity contribution in [1.29, 1.82) is 0 Å². The minimum atomic E-state index is -0.558. The molecule has 1 aromatic rings. The third kappa shape index (κ3) is 2.93. The minimum absolute atomic E-state index is 0.116. The van der Waals surface area contributed by atoms with E-state index in [9.17, 15) is 14.4 Å². The van der Waals surface area contributed by atoms with Crippen molar-refractivity contribution in [3.63, 3.8) is 0 Å². The van der Waals surface area contributed by atoms with Crippen LogP contribution in [0.25, 0.3) is 0 Å². The van der Waals surface area contributed by atoms with Crippen LogP contribution in [0.5, 0.6) is 0 Å². The summed E-state index contributed by atoms with van der Waals surface area (Å²) in [5.41, 5.74) is 9.10. The van der Waals surface area contributed by atoms with E-state index in [4.69, 9.17) is 5.73 Å². The van der Waals surface area contributed by atoms with Crippen LogP contribution in [-0.4, -0.2) is 52.2 Å². The second-order valence-corrected chi connectivity index (χ2v) is 8.59. The Balaban J connectivity index is 1.32. The van der Waals surface area contributed by atoms with E-state index >= 15 is 0 Å². The molecule has 1 aromatic carbocycles. The minimum Gasteiger partial charge on any atom is -0.326 e. The largest absolute Gasteiger partial charge is 0.326 e. The lowest BCUT2D eigenvalue weighted by Gasteiger charge is -2.29. The molecular weight excluding hydrogens is 356 g/mol. The molecule has 3 aliphatic heterocycles. The summed E-state index contributed by atoms with van der Waals surface area (Å²) in [6, 6.07) is 6.26.